The van der Waals surface area contributed by atoms with E-state index in [1.165, 1.54) is 12.1 Å². The van der Waals surface area contributed by atoms with Gasteiger partial charge in [0.05, 0.1) is 0 Å². The Labute approximate surface area is 136 Å². The Morgan fingerprint density at radius 3 is 1.91 bits per heavy atom. The highest BCUT2D eigenvalue weighted by molar-refractivity contribution is 14.2. The van der Waals surface area contributed by atoms with Gasteiger partial charge in [-0.3, -0.25) is 4.79 Å². The van der Waals surface area contributed by atoms with Crippen molar-refractivity contribution >= 4 is 39.2 Å². The Morgan fingerprint density at radius 1 is 0.909 bits per heavy atom. The van der Waals surface area contributed by atoms with Crippen LogP contribution in [0.15, 0.2) is 60.7 Å². The van der Waals surface area contributed by atoms with Gasteiger partial charge in [0.1, 0.15) is 0 Å². The summed E-state index contributed by atoms with van der Waals surface area (Å²) < 4.78 is 49.4. The smallest absolute Gasteiger partial charge is 0.287 e. The molecule has 0 amide bonds. The van der Waals surface area contributed by atoms with E-state index in [4.69, 9.17) is 0 Å². The summed E-state index contributed by atoms with van der Waals surface area (Å²) in [5.74, 6) is -4.45. The lowest BCUT2D eigenvalue weighted by Gasteiger charge is -2.07. The topological polar surface area (TPSA) is 51.2 Å². The average molecular weight is 436 g/mol. The van der Waals surface area contributed by atoms with E-state index in [1.54, 1.807) is 48.5 Å². The number of halogens is 3. The van der Waals surface area contributed by atoms with Gasteiger partial charge in [0.15, 0.2) is 2.84 Å². The van der Waals surface area contributed by atoms with E-state index in [-0.39, 0.29) is 5.56 Å². The first kappa shape index (κ1) is 16.9. The number of rotatable bonds is 5. The first-order chi connectivity index (χ1) is 10.4. The third-order valence-electron chi connectivity index (χ3n) is 2.63. The number of hydrogen-bond donors (Lipinski definition) is 0. The van der Waals surface area contributed by atoms with E-state index in [0.717, 1.165) is 0 Å². The minimum absolute atomic E-state index is 0.0948. The van der Waals surface area contributed by atoms with E-state index in [9.17, 15) is 22.0 Å². The van der Waals surface area contributed by atoms with Crippen LogP contribution < -0.4 is 0 Å². The van der Waals surface area contributed by atoms with Crippen LogP contribution in [0.3, 0.4) is 0 Å². The molecule has 0 spiro atoms. The summed E-state index contributed by atoms with van der Waals surface area (Å²) in [7, 11) is -4.90. The quantitative estimate of drug-likeness (QED) is 0.533. The lowest BCUT2D eigenvalue weighted by Crippen LogP contribution is -2.28. The molecule has 116 valence electrons. The van der Waals surface area contributed by atoms with E-state index in [0.29, 0.717) is 3.57 Å². The van der Waals surface area contributed by atoms with Crippen LogP contribution in [0.25, 0.3) is 0 Å². The molecular formula is C15H11F2IO3S. The fourth-order valence-electron chi connectivity index (χ4n) is 1.58. The van der Waals surface area contributed by atoms with Crippen molar-refractivity contribution in [3.8, 4) is 0 Å². The zero-order valence-electron chi connectivity index (χ0n) is 11.1. The molecule has 0 fully saturated rings. The number of hydrogen-bond acceptors (Lipinski definition) is 3. The molecule has 0 radical (unpaired) electrons. The molecule has 22 heavy (non-hydrogen) atoms. The minimum atomic E-state index is -4.90. The molecule has 2 aromatic rings. The molecule has 0 saturated heterocycles. The zero-order chi connectivity index (χ0) is 16.2. The molecule has 0 N–H and O–H groups in total. The zero-order valence-corrected chi connectivity index (χ0v) is 14.1. The second kappa shape index (κ2) is 7.19. The lowest BCUT2D eigenvalue weighted by molar-refractivity contribution is 0.107. The summed E-state index contributed by atoms with van der Waals surface area (Å²) in [6.07, 6.45) is 0. The van der Waals surface area contributed by atoms with Gasteiger partial charge in [0.2, 0.25) is 15.6 Å². The SMILES string of the molecule is O=C(C(=Ic1ccccc1)S(=O)(=O)C(F)F)c1ccccc1. The standard InChI is InChI=1S/C15H11F2IO3S/c16-15(17)22(20,21)14(18-12-9-5-2-6-10-12)13(19)11-7-3-1-4-8-11/h1-10,15H. The molecule has 2 aromatic carbocycles. The highest BCUT2D eigenvalue weighted by atomic mass is 127. The first-order valence-corrected chi connectivity index (χ1v) is 9.82. The van der Waals surface area contributed by atoms with Crippen molar-refractivity contribution in [2.45, 2.75) is 5.76 Å². The maximum Gasteiger partial charge on any atom is 0.341 e. The summed E-state index contributed by atoms with van der Waals surface area (Å²) in [5.41, 5.74) is 0.0948. The van der Waals surface area contributed by atoms with Crippen molar-refractivity contribution in [1.82, 2.24) is 0 Å². The molecular weight excluding hydrogens is 425 g/mol. The third-order valence-corrected chi connectivity index (χ3v) is 8.46. The number of sulfone groups is 1. The van der Waals surface area contributed by atoms with Gasteiger partial charge in [0, 0.05) is 9.13 Å². The maximum atomic E-state index is 12.9. The molecule has 0 unspecified atom stereocenters. The second-order valence-electron chi connectivity index (χ2n) is 4.16. The van der Waals surface area contributed by atoms with E-state index < -0.39 is 44.9 Å². The van der Waals surface area contributed by atoms with Gasteiger partial charge in [-0.15, -0.1) is 0 Å². The molecule has 2 rings (SSSR count). The van der Waals surface area contributed by atoms with Crippen LogP contribution in [0.5, 0.6) is 0 Å². The fraction of sp³-hybridized carbons (Fsp3) is 0.0667. The van der Waals surface area contributed by atoms with Crippen LogP contribution in [0.1, 0.15) is 10.4 Å². The fourth-order valence-corrected chi connectivity index (χ4v) is 6.22. The average Bonchev–Trinajstić information content (AvgIpc) is 2.53. The van der Waals surface area contributed by atoms with Gasteiger partial charge in [-0.05, 0) is 12.1 Å². The largest absolute Gasteiger partial charge is 0.341 e. The Morgan fingerprint density at radius 2 is 1.41 bits per heavy atom. The van der Waals surface area contributed by atoms with Gasteiger partial charge in [-0.1, -0.05) is 69.3 Å². The Balaban J connectivity index is 2.57. The normalized spacial score (nSPS) is 12.8. The predicted molar refractivity (Wildman–Crippen MR) is 89.9 cm³/mol. The maximum absolute atomic E-state index is 12.9. The minimum Gasteiger partial charge on any atom is -0.287 e. The number of carbonyl (C=O) groups excluding carboxylic acids is 1. The number of alkyl halides is 2. The molecule has 0 heterocycles. The molecule has 3 nitrogen and oxygen atoms in total. The molecule has 0 aromatic heterocycles. The van der Waals surface area contributed by atoms with E-state index >= 15 is 0 Å². The second-order valence-corrected chi connectivity index (χ2v) is 9.61. The van der Waals surface area contributed by atoms with Gasteiger partial charge < -0.3 is 0 Å². The Bertz CT molecular complexity index is 788. The molecule has 0 aliphatic heterocycles. The van der Waals surface area contributed by atoms with Crippen molar-refractivity contribution in [2.24, 2.45) is 0 Å². The van der Waals surface area contributed by atoms with Crippen molar-refractivity contribution < 1.29 is 22.0 Å². The molecule has 0 atom stereocenters. The molecule has 0 aliphatic carbocycles. The van der Waals surface area contributed by atoms with Gasteiger partial charge in [-0.2, -0.15) is 8.78 Å². The highest BCUT2D eigenvalue weighted by Gasteiger charge is 2.35. The number of ketones is 1. The summed E-state index contributed by atoms with van der Waals surface area (Å²) in [4.78, 5) is 12.4. The highest BCUT2D eigenvalue weighted by Crippen LogP contribution is 2.22. The molecule has 0 aliphatic rings. The van der Waals surface area contributed by atoms with Gasteiger partial charge in [-0.25, -0.2) is 8.42 Å². The molecule has 0 bridgehead atoms. The van der Waals surface area contributed by atoms with E-state index in [2.05, 4.69) is 0 Å². The van der Waals surface area contributed by atoms with E-state index in [1.807, 2.05) is 0 Å². The van der Waals surface area contributed by atoms with Crippen LogP contribution >= 0.6 is 20.7 Å². The Kier molecular flexibility index (Phi) is 5.52. The van der Waals surface area contributed by atoms with Crippen molar-refractivity contribution in [2.75, 3.05) is 0 Å². The summed E-state index contributed by atoms with van der Waals surface area (Å²) in [5, 5.41) is 0. The molecule has 7 heteroatoms. The lowest BCUT2D eigenvalue weighted by atomic mass is 10.2. The van der Waals surface area contributed by atoms with Gasteiger partial charge >= 0.3 is 5.76 Å². The Hall–Kier alpha value is -1.48. The summed E-state index contributed by atoms with van der Waals surface area (Å²) in [6.45, 7) is 0. The predicted octanol–water partition coefficient (Wildman–Crippen LogP) is 3.48. The van der Waals surface area contributed by atoms with Crippen LogP contribution in [0.2, 0.25) is 0 Å². The number of Topliss-reactive ketones (excluding diaryl/α,β-unsaturated/α-hetero) is 1. The molecule has 0 saturated carbocycles. The van der Waals surface area contributed by atoms with Crippen molar-refractivity contribution in [3.63, 3.8) is 0 Å². The first-order valence-electron chi connectivity index (χ1n) is 6.11. The van der Waals surface area contributed by atoms with Crippen molar-refractivity contribution in [3.05, 3.63) is 69.8 Å². The van der Waals surface area contributed by atoms with Crippen LogP contribution in [0.4, 0.5) is 8.78 Å². The van der Waals surface area contributed by atoms with Crippen LogP contribution in [0, 0.1) is 3.57 Å². The van der Waals surface area contributed by atoms with Crippen LogP contribution in [-0.2, 0) is 9.84 Å². The number of benzene rings is 2. The monoisotopic (exact) mass is 436 g/mol. The van der Waals surface area contributed by atoms with Crippen LogP contribution in [-0.4, -0.2) is 22.8 Å². The summed E-state index contributed by atoms with van der Waals surface area (Å²) in [6, 6.07) is 15.9. The van der Waals surface area contributed by atoms with Gasteiger partial charge in [0.25, 0.3) is 0 Å². The summed E-state index contributed by atoms with van der Waals surface area (Å²) >= 11 is -1.53. The number of carbonyl (C=O) groups is 1. The third kappa shape index (κ3) is 3.83. The van der Waals surface area contributed by atoms with Crippen molar-refractivity contribution in [1.29, 1.82) is 0 Å².